The van der Waals surface area contributed by atoms with Crippen LogP contribution in [0.25, 0.3) is 11.0 Å². The molecule has 32 heavy (non-hydrogen) atoms. The van der Waals surface area contributed by atoms with Crippen molar-refractivity contribution in [2.75, 3.05) is 18.6 Å². The zero-order valence-electron chi connectivity index (χ0n) is 17.1. The third-order valence-corrected chi connectivity index (χ3v) is 6.27. The molecule has 2 aromatic carbocycles. The molecule has 0 saturated heterocycles. The fraction of sp³-hybridized carbons (Fsp3) is 0.174. The molecule has 3 heterocycles. The van der Waals surface area contributed by atoms with E-state index >= 15 is 0 Å². The second kappa shape index (κ2) is 7.96. The molecule has 162 valence electrons. The predicted molar refractivity (Wildman–Crippen MR) is 122 cm³/mol. The maximum atomic E-state index is 13.6. The molecule has 0 unspecified atom stereocenters. The van der Waals surface area contributed by atoms with Gasteiger partial charge in [0.05, 0.1) is 30.7 Å². The van der Waals surface area contributed by atoms with Crippen LogP contribution in [0.15, 0.2) is 57.2 Å². The van der Waals surface area contributed by atoms with Gasteiger partial charge in [-0.1, -0.05) is 17.7 Å². The number of thiazole rings is 1. The van der Waals surface area contributed by atoms with Gasteiger partial charge < -0.3 is 13.9 Å². The van der Waals surface area contributed by atoms with Gasteiger partial charge in [0.25, 0.3) is 5.91 Å². The van der Waals surface area contributed by atoms with E-state index in [2.05, 4.69) is 4.98 Å². The Balaban J connectivity index is 1.78. The Labute approximate surface area is 191 Å². The fourth-order valence-electron chi connectivity index (χ4n) is 3.92. The van der Waals surface area contributed by atoms with Gasteiger partial charge in [0, 0.05) is 16.6 Å². The largest absolute Gasteiger partial charge is 0.493 e. The van der Waals surface area contributed by atoms with Gasteiger partial charge in [-0.15, -0.1) is 11.3 Å². The van der Waals surface area contributed by atoms with Crippen molar-refractivity contribution in [1.29, 1.82) is 0 Å². The van der Waals surface area contributed by atoms with Gasteiger partial charge in [-0.25, -0.2) is 4.98 Å². The Hall–Kier alpha value is -3.36. The average Bonchev–Trinajstić information content (AvgIpc) is 3.41. The summed E-state index contributed by atoms with van der Waals surface area (Å²) in [5.74, 6) is 0.638. The van der Waals surface area contributed by atoms with Gasteiger partial charge in [0.15, 0.2) is 22.1 Å². The summed E-state index contributed by atoms with van der Waals surface area (Å²) in [6, 6.07) is 9.35. The SMILES string of the molecule is CCOc1ccc([C@@H]2c3c(oc4ccc(Cl)cc4c3=O)C(=O)N2c2nccs2)cc1OC. The van der Waals surface area contributed by atoms with Crippen LogP contribution in [0.5, 0.6) is 11.5 Å². The molecule has 0 fully saturated rings. The molecule has 0 saturated carbocycles. The number of carbonyl (C=O) groups excluding carboxylic acids is 1. The van der Waals surface area contributed by atoms with Gasteiger partial charge in [0.1, 0.15) is 5.58 Å². The topological polar surface area (TPSA) is 81.9 Å². The van der Waals surface area contributed by atoms with Crippen molar-refractivity contribution in [3.8, 4) is 11.5 Å². The first-order valence-electron chi connectivity index (χ1n) is 9.83. The van der Waals surface area contributed by atoms with Crippen molar-refractivity contribution in [3.05, 3.63) is 80.1 Å². The summed E-state index contributed by atoms with van der Waals surface area (Å²) in [7, 11) is 1.54. The zero-order chi connectivity index (χ0) is 22.4. The maximum absolute atomic E-state index is 13.6. The highest BCUT2D eigenvalue weighted by Crippen LogP contribution is 2.43. The summed E-state index contributed by atoms with van der Waals surface area (Å²) < 4.78 is 17.0. The number of carbonyl (C=O) groups is 1. The molecule has 0 bridgehead atoms. The second-order valence-corrected chi connectivity index (χ2v) is 8.36. The van der Waals surface area contributed by atoms with E-state index in [1.54, 1.807) is 41.9 Å². The Morgan fingerprint density at radius 3 is 2.75 bits per heavy atom. The summed E-state index contributed by atoms with van der Waals surface area (Å²) in [5.41, 5.74) is 0.900. The van der Waals surface area contributed by atoms with Crippen molar-refractivity contribution in [2.24, 2.45) is 0 Å². The lowest BCUT2D eigenvalue weighted by Crippen LogP contribution is -2.29. The normalized spacial score (nSPS) is 15.3. The van der Waals surface area contributed by atoms with Gasteiger partial charge in [-0.05, 0) is 42.8 Å². The molecule has 1 amide bonds. The lowest BCUT2D eigenvalue weighted by molar-refractivity contribution is 0.0971. The average molecular weight is 469 g/mol. The monoisotopic (exact) mass is 468 g/mol. The lowest BCUT2D eigenvalue weighted by Gasteiger charge is -2.23. The van der Waals surface area contributed by atoms with E-state index in [9.17, 15) is 9.59 Å². The first-order valence-corrected chi connectivity index (χ1v) is 11.1. The molecule has 9 heteroatoms. The number of amides is 1. The molecule has 0 spiro atoms. The van der Waals surface area contributed by atoms with E-state index in [-0.39, 0.29) is 16.8 Å². The molecule has 1 atom stereocenters. The third-order valence-electron chi connectivity index (χ3n) is 5.26. The number of anilines is 1. The van der Waals surface area contributed by atoms with Crippen LogP contribution in [0.4, 0.5) is 5.13 Å². The standard InChI is InChI=1S/C23H17ClN2O5S/c1-3-30-16-6-4-12(10-17(16)29-2)19-18-20(27)14-11-13(24)5-7-15(14)31-21(18)22(28)26(19)23-25-8-9-32-23/h4-11,19H,3H2,1-2H3/t19-/m1/s1. The Bertz CT molecular complexity index is 1400. The van der Waals surface area contributed by atoms with Gasteiger partial charge in [-0.3, -0.25) is 14.5 Å². The van der Waals surface area contributed by atoms with Crippen molar-refractivity contribution in [1.82, 2.24) is 4.98 Å². The van der Waals surface area contributed by atoms with E-state index in [1.165, 1.54) is 23.3 Å². The number of rotatable bonds is 5. The number of benzene rings is 2. The number of hydrogen-bond donors (Lipinski definition) is 0. The van der Waals surface area contributed by atoms with Crippen molar-refractivity contribution < 1.29 is 18.7 Å². The molecule has 0 radical (unpaired) electrons. The smallest absolute Gasteiger partial charge is 0.297 e. The quantitative estimate of drug-likeness (QED) is 0.407. The molecule has 4 aromatic rings. The molecule has 0 N–H and O–H groups in total. The highest BCUT2D eigenvalue weighted by molar-refractivity contribution is 7.13. The second-order valence-electron chi connectivity index (χ2n) is 7.05. The Kier molecular flexibility index (Phi) is 5.11. The van der Waals surface area contributed by atoms with Crippen LogP contribution in [-0.2, 0) is 0 Å². The molecule has 1 aliphatic rings. The van der Waals surface area contributed by atoms with Gasteiger partial charge in [-0.2, -0.15) is 0 Å². The van der Waals surface area contributed by atoms with E-state index in [0.29, 0.717) is 44.8 Å². The Morgan fingerprint density at radius 2 is 2.03 bits per heavy atom. The molecule has 0 aliphatic carbocycles. The van der Waals surface area contributed by atoms with Crippen molar-refractivity contribution in [3.63, 3.8) is 0 Å². The minimum absolute atomic E-state index is 0.00197. The number of methoxy groups -OCH3 is 1. The highest BCUT2D eigenvalue weighted by atomic mass is 35.5. The van der Waals surface area contributed by atoms with E-state index in [4.69, 9.17) is 25.5 Å². The summed E-state index contributed by atoms with van der Waals surface area (Å²) in [5, 5.41) is 2.95. The minimum Gasteiger partial charge on any atom is -0.493 e. The molecule has 5 rings (SSSR count). The van der Waals surface area contributed by atoms with Crippen LogP contribution in [0.3, 0.4) is 0 Å². The van der Waals surface area contributed by atoms with Gasteiger partial charge >= 0.3 is 0 Å². The maximum Gasteiger partial charge on any atom is 0.297 e. The van der Waals surface area contributed by atoms with Crippen LogP contribution >= 0.6 is 22.9 Å². The van der Waals surface area contributed by atoms with E-state index < -0.39 is 11.9 Å². The molecular weight excluding hydrogens is 452 g/mol. The molecule has 7 nitrogen and oxygen atoms in total. The number of halogens is 1. The van der Waals surface area contributed by atoms with Crippen LogP contribution in [0.2, 0.25) is 5.02 Å². The minimum atomic E-state index is -0.743. The van der Waals surface area contributed by atoms with Crippen molar-refractivity contribution >= 4 is 44.9 Å². The molecule has 1 aliphatic heterocycles. The molecular formula is C23H17ClN2O5S. The number of nitrogens with zero attached hydrogens (tertiary/aromatic N) is 2. The van der Waals surface area contributed by atoms with Crippen LogP contribution in [-0.4, -0.2) is 24.6 Å². The molecule has 2 aromatic heterocycles. The van der Waals surface area contributed by atoms with E-state index in [1.807, 2.05) is 13.0 Å². The third kappa shape index (κ3) is 3.14. The number of ether oxygens (including phenoxy) is 2. The van der Waals surface area contributed by atoms with E-state index in [0.717, 1.165) is 0 Å². The van der Waals surface area contributed by atoms with Crippen LogP contribution < -0.4 is 19.8 Å². The summed E-state index contributed by atoms with van der Waals surface area (Å²) in [4.78, 5) is 32.8. The zero-order valence-corrected chi connectivity index (χ0v) is 18.7. The summed E-state index contributed by atoms with van der Waals surface area (Å²) in [6.07, 6.45) is 1.61. The number of hydrogen-bond acceptors (Lipinski definition) is 7. The fourth-order valence-corrected chi connectivity index (χ4v) is 4.76. The summed E-state index contributed by atoms with van der Waals surface area (Å²) in [6.45, 7) is 2.35. The van der Waals surface area contributed by atoms with Crippen LogP contribution in [0, 0.1) is 0 Å². The highest BCUT2D eigenvalue weighted by Gasteiger charge is 2.45. The van der Waals surface area contributed by atoms with Crippen LogP contribution in [0.1, 0.15) is 34.6 Å². The lowest BCUT2D eigenvalue weighted by atomic mass is 9.98. The number of aromatic nitrogens is 1. The van der Waals surface area contributed by atoms with Gasteiger partial charge in [0.2, 0.25) is 5.76 Å². The predicted octanol–water partition coefficient (Wildman–Crippen LogP) is 5.06. The summed E-state index contributed by atoms with van der Waals surface area (Å²) >= 11 is 7.42. The Morgan fingerprint density at radius 1 is 1.19 bits per heavy atom. The van der Waals surface area contributed by atoms with Crippen molar-refractivity contribution in [2.45, 2.75) is 13.0 Å². The number of fused-ring (bicyclic) bond motifs is 2. The first kappa shape index (κ1) is 20.5. The first-order chi connectivity index (χ1) is 15.5.